The minimum absolute atomic E-state index is 0.0361. The average Bonchev–Trinajstić information content (AvgIpc) is 2.93. The molecule has 2 aromatic heterocycles. The molecular weight excluding hydrogens is 555 g/mol. The van der Waals surface area contributed by atoms with Crippen LogP contribution < -0.4 is 18.9 Å². The first-order valence-corrected chi connectivity index (χ1v) is 12.6. The Labute approximate surface area is 236 Å². The molecule has 7 bridgehead atoms. The van der Waals surface area contributed by atoms with Gasteiger partial charge in [-0.25, -0.2) is 0 Å². The van der Waals surface area contributed by atoms with Gasteiger partial charge < -0.3 is 18.9 Å². The topological polar surface area (TPSA) is 114 Å². The first-order valence-electron chi connectivity index (χ1n) is 11.8. The van der Waals surface area contributed by atoms with E-state index in [1.54, 1.807) is 36.4 Å². The van der Waals surface area contributed by atoms with Gasteiger partial charge in [0.25, 0.3) is 0 Å². The molecule has 4 aromatic carbocycles. The number of benzene rings is 4. The van der Waals surface area contributed by atoms with Crippen LogP contribution in [0, 0.1) is 0 Å². The van der Waals surface area contributed by atoms with Crippen molar-refractivity contribution in [3.63, 3.8) is 0 Å². The number of aromatic nitrogens is 6. The van der Waals surface area contributed by atoms with Crippen LogP contribution in [0.1, 0.15) is 0 Å². The smallest absolute Gasteiger partial charge is 0.329 e. The van der Waals surface area contributed by atoms with Gasteiger partial charge in [0.15, 0.2) is 0 Å². The maximum atomic E-state index is 6.20. The zero-order valence-corrected chi connectivity index (χ0v) is 21.7. The summed E-state index contributed by atoms with van der Waals surface area (Å²) in [4.78, 5) is 25.1. The summed E-state index contributed by atoms with van der Waals surface area (Å²) in [6, 6.07) is 25.4. The molecule has 10 nitrogen and oxygen atoms in total. The van der Waals surface area contributed by atoms with E-state index >= 15 is 0 Å². The minimum atomic E-state index is -0.0932. The SMILES string of the molecule is Clc1nc2nc(n1)Oc1ccccc1-c1ccccc1Oc1nc(Cl)nc(n1)Oc1ccc3ccc(cc3c1)O2. The van der Waals surface area contributed by atoms with Crippen LogP contribution in [0.5, 0.6) is 47.0 Å². The second-order valence-corrected chi connectivity index (χ2v) is 9.09. The number of ether oxygens (including phenoxy) is 4. The molecule has 0 spiro atoms. The fraction of sp³-hybridized carbons (Fsp3) is 0. The molecule has 0 fully saturated rings. The van der Waals surface area contributed by atoms with E-state index in [4.69, 9.17) is 42.1 Å². The van der Waals surface area contributed by atoms with E-state index in [2.05, 4.69) is 29.9 Å². The van der Waals surface area contributed by atoms with Crippen molar-refractivity contribution in [2.45, 2.75) is 0 Å². The van der Waals surface area contributed by atoms with Crippen molar-refractivity contribution < 1.29 is 18.9 Å². The van der Waals surface area contributed by atoms with Crippen molar-refractivity contribution in [2.24, 2.45) is 0 Å². The molecule has 194 valence electrons. The van der Waals surface area contributed by atoms with Gasteiger partial charge in [0, 0.05) is 11.1 Å². The summed E-state index contributed by atoms with van der Waals surface area (Å²) in [5.41, 5.74) is 1.35. The summed E-state index contributed by atoms with van der Waals surface area (Å²) in [7, 11) is 0. The molecular formula is C28H14Cl2N6O4. The predicted molar refractivity (Wildman–Crippen MR) is 146 cm³/mol. The van der Waals surface area contributed by atoms with Gasteiger partial charge in [-0.1, -0.05) is 48.5 Å². The molecule has 0 unspecified atom stereocenters. The fourth-order valence-corrected chi connectivity index (χ4v) is 4.39. The van der Waals surface area contributed by atoms with E-state index in [9.17, 15) is 0 Å². The standard InChI is InChI=1S/C28H14Cl2N6O4/c29-23-31-25-35-27(33-23)39-21-7-3-1-5-19(21)20-6-2-4-8-22(20)40-28-34-24(30)32-26(36-28)38-18-12-10-15-9-11-17(37-25)13-16(15)14-18/h1-14H. The average molecular weight is 569 g/mol. The highest BCUT2D eigenvalue weighted by atomic mass is 35.5. The van der Waals surface area contributed by atoms with Crippen LogP contribution in [-0.4, -0.2) is 29.9 Å². The van der Waals surface area contributed by atoms with Gasteiger partial charge in [-0.2, -0.15) is 19.9 Å². The molecule has 0 amide bonds. The van der Waals surface area contributed by atoms with E-state index in [-0.39, 0.29) is 34.6 Å². The lowest BCUT2D eigenvalue weighted by Crippen LogP contribution is -2.00. The summed E-state index contributed by atoms with van der Waals surface area (Å²) < 4.78 is 24.0. The molecule has 6 aromatic rings. The molecule has 0 saturated heterocycles. The Bertz CT molecular complexity index is 1790. The van der Waals surface area contributed by atoms with Crippen molar-refractivity contribution >= 4 is 34.0 Å². The Kier molecular flexibility index (Phi) is 5.95. The highest BCUT2D eigenvalue weighted by Crippen LogP contribution is 2.39. The van der Waals surface area contributed by atoms with E-state index in [0.29, 0.717) is 34.1 Å². The van der Waals surface area contributed by atoms with E-state index in [0.717, 1.165) is 10.8 Å². The van der Waals surface area contributed by atoms with Crippen LogP contribution in [0.2, 0.25) is 10.6 Å². The summed E-state index contributed by atoms with van der Waals surface area (Å²) in [6.45, 7) is 0. The number of nitrogens with zero attached hydrogens (tertiary/aromatic N) is 6. The molecule has 0 aliphatic carbocycles. The summed E-state index contributed by atoms with van der Waals surface area (Å²) in [5, 5.41) is 1.56. The third-order valence-corrected chi connectivity index (χ3v) is 6.14. The summed E-state index contributed by atoms with van der Waals surface area (Å²) in [5.74, 6) is 1.78. The molecule has 0 N–H and O–H groups in total. The summed E-state index contributed by atoms with van der Waals surface area (Å²) >= 11 is 12.4. The third kappa shape index (κ3) is 4.89. The van der Waals surface area contributed by atoms with Gasteiger partial charge in [-0.05, 0) is 70.4 Å². The van der Waals surface area contributed by atoms with Gasteiger partial charge >= 0.3 is 24.0 Å². The van der Waals surface area contributed by atoms with Crippen LogP contribution in [0.4, 0.5) is 0 Å². The van der Waals surface area contributed by atoms with Gasteiger partial charge in [0.1, 0.15) is 23.0 Å². The Morgan fingerprint density at radius 1 is 0.425 bits per heavy atom. The second-order valence-electron chi connectivity index (χ2n) is 8.41. The monoisotopic (exact) mass is 568 g/mol. The third-order valence-electron chi connectivity index (χ3n) is 5.80. The number of hydrogen-bond donors (Lipinski definition) is 0. The first kappa shape index (κ1) is 24.0. The molecule has 0 atom stereocenters. The zero-order chi connectivity index (χ0) is 27.1. The van der Waals surface area contributed by atoms with Crippen molar-refractivity contribution in [3.8, 4) is 58.2 Å². The van der Waals surface area contributed by atoms with E-state index in [1.807, 2.05) is 48.5 Å². The highest BCUT2D eigenvalue weighted by molar-refractivity contribution is 6.28. The normalized spacial score (nSPS) is 12.1. The van der Waals surface area contributed by atoms with Crippen molar-refractivity contribution in [2.75, 3.05) is 0 Å². The minimum Gasteiger partial charge on any atom is -0.424 e. The largest absolute Gasteiger partial charge is 0.424 e. The molecule has 7 rings (SSSR count). The van der Waals surface area contributed by atoms with Gasteiger partial charge in [0.05, 0.1) is 0 Å². The number of hydrogen-bond acceptors (Lipinski definition) is 10. The van der Waals surface area contributed by atoms with Crippen molar-refractivity contribution in [1.29, 1.82) is 0 Å². The van der Waals surface area contributed by atoms with Crippen LogP contribution in [-0.2, 0) is 0 Å². The summed E-state index contributed by atoms with van der Waals surface area (Å²) in [6.07, 6.45) is 0. The first-order chi connectivity index (χ1) is 19.6. The van der Waals surface area contributed by atoms with Crippen LogP contribution in [0.15, 0.2) is 84.9 Å². The van der Waals surface area contributed by atoms with E-state index < -0.39 is 0 Å². The molecule has 0 radical (unpaired) electrons. The Morgan fingerprint density at radius 2 is 0.850 bits per heavy atom. The lowest BCUT2D eigenvalue weighted by atomic mass is 10.0. The van der Waals surface area contributed by atoms with Crippen molar-refractivity contribution in [3.05, 3.63) is 95.5 Å². The molecule has 0 saturated carbocycles. The quantitative estimate of drug-likeness (QED) is 0.180. The highest BCUT2D eigenvalue weighted by Gasteiger charge is 2.18. The van der Waals surface area contributed by atoms with Gasteiger partial charge in [-0.15, -0.1) is 9.97 Å². The van der Waals surface area contributed by atoms with Crippen LogP contribution in [0.3, 0.4) is 0 Å². The maximum absolute atomic E-state index is 6.20. The maximum Gasteiger partial charge on any atom is 0.329 e. The number of para-hydroxylation sites is 2. The van der Waals surface area contributed by atoms with Crippen LogP contribution in [0.25, 0.3) is 21.9 Å². The number of fused-ring (bicyclic) bond motifs is 9. The predicted octanol–water partition coefficient (Wildman–Crippen LogP) is 7.67. The molecule has 12 heteroatoms. The van der Waals surface area contributed by atoms with E-state index in [1.165, 1.54) is 0 Å². The van der Waals surface area contributed by atoms with Crippen molar-refractivity contribution in [1.82, 2.24) is 29.9 Å². The van der Waals surface area contributed by atoms with Gasteiger partial charge in [0.2, 0.25) is 10.6 Å². The molecule has 1 aliphatic rings. The Morgan fingerprint density at radius 3 is 1.32 bits per heavy atom. The molecule has 40 heavy (non-hydrogen) atoms. The van der Waals surface area contributed by atoms with Crippen LogP contribution >= 0.6 is 23.2 Å². The number of halogens is 2. The molecule has 1 aliphatic heterocycles. The lowest BCUT2D eigenvalue weighted by Gasteiger charge is -2.14. The fourth-order valence-electron chi connectivity index (χ4n) is 4.11. The second kappa shape index (κ2) is 9.92. The number of rotatable bonds is 0. The molecule has 3 heterocycles. The zero-order valence-electron chi connectivity index (χ0n) is 20.2. The Balaban J connectivity index is 1.42. The Hall–Kier alpha value is -5.06. The lowest BCUT2D eigenvalue weighted by molar-refractivity contribution is 0.395. The van der Waals surface area contributed by atoms with Gasteiger partial charge in [-0.3, -0.25) is 0 Å².